The van der Waals surface area contributed by atoms with Gasteiger partial charge in [-0.1, -0.05) is 11.6 Å². The molecule has 6 heteroatoms. The summed E-state index contributed by atoms with van der Waals surface area (Å²) >= 11 is 5.94. The summed E-state index contributed by atoms with van der Waals surface area (Å²) in [6.45, 7) is 0. The number of amides is 1. The average Bonchev–Trinajstić information content (AvgIpc) is 2.44. The third-order valence-electron chi connectivity index (χ3n) is 5.82. The van der Waals surface area contributed by atoms with Crippen molar-refractivity contribution < 1.29 is 9.72 Å². The molecule has 4 saturated carbocycles. The fourth-order valence-corrected chi connectivity index (χ4v) is 5.59. The average molecular weight is 335 g/mol. The molecule has 0 radical (unpaired) electrons. The van der Waals surface area contributed by atoms with Crippen LogP contribution >= 0.6 is 11.6 Å². The SMILES string of the molecule is O=C(NC12CC3CC(CC(C3)C1)C2)c1cc(Cl)ccc1[N+](=O)[O-]. The van der Waals surface area contributed by atoms with Gasteiger partial charge in [0.2, 0.25) is 0 Å². The molecule has 4 aliphatic rings. The van der Waals surface area contributed by atoms with Crippen LogP contribution < -0.4 is 5.32 Å². The molecule has 122 valence electrons. The fraction of sp³-hybridized carbons (Fsp3) is 0.588. The number of carbonyl (C=O) groups is 1. The Kier molecular flexibility index (Phi) is 3.38. The fourth-order valence-electron chi connectivity index (χ4n) is 5.42. The van der Waals surface area contributed by atoms with Crippen molar-refractivity contribution in [2.75, 3.05) is 0 Å². The van der Waals surface area contributed by atoms with E-state index in [1.54, 1.807) is 0 Å². The number of carbonyl (C=O) groups excluding carboxylic acids is 1. The first-order chi connectivity index (χ1) is 10.9. The van der Waals surface area contributed by atoms with Gasteiger partial charge < -0.3 is 5.32 Å². The first kappa shape index (κ1) is 14.9. The van der Waals surface area contributed by atoms with Crippen molar-refractivity contribution >= 4 is 23.2 Å². The highest BCUT2D eigenvalue weighted by molar-refractivity contribution is 6.31. The van der Waals surface area contributed by atoms with E-state index in [9.17, 15) is 14.9 Å². The third kappa shape index (κ3) is 2.61. The van der Waals surface area contributed by atoms with Gasteiger partial charge in [0.25, 0.3) is 11.6 Å². The molecule has 0 saturated heterocycles. The Hall–Kier alpha value is -1.62. The van der Waals surface area contributed by atoms with E-state index >= 15 is 0 Å². The summed E-state index contributed by atoms with van der Waals surface area (Å²) < 4.78 is 0. The zero-order valence-corrected chi connectivity index (χ0v) is 13.5. The van der Waals surface area contributed by atoms with E-state index < -0.39 is 4.92 Å². The topological polar surface area (TPSA) is 72.2 Å². The number of rotatable bonds is 3. The molecule has 4 bridgehead atoms. The minimum atomic E-state index is -0.523. The minimum Gasteiger partial charge on any atom is -0.346 e. The predicted octanol–water partition coefficient (Wildman–Crippen LogP) is 3.95. The van der Waals surface area contributed by atoms with E-state index in [-0.39, 0.29) is 22.7 Å². The first-order valence-electron chi connectivity index (χ1n) is 8.20. The number of hydrogen-bond donors (Lipinski definition) is 1. The molecule has 0 heterocycles. The number of nitrogens with one attached hydrogen (secondary N) is 1. The monoisotopic (exact) mass is 334 g/mol. The summed E-state index contributed by atoms with van der Waals surface area (Å²) in [5, 5.41) is 14.7. The number of hydrogen-bond acceptors (Lipinski definition) is 3. The van der Waals surface area contributed by atoms with E-state index in [0.29, 0.717) is 22.8 Å². The van der Waals surface area contributed by atoms with Crippen LogP contribution in [-0.4, -0.2) is 16.4 Å². The summed E-state index contributed by atoms with van der Waals surface area (Å²) in [4.78, 5) is 23.4. The highest BCUT2D eigenvalue weighted by Crippen LogP contribution is 2.55. The smallest absolute Gasteiger partial charge is 0.282 e. The van der Waals surface area contributed by atoms with E-state index in [1.165, 1.54) is 37.5 Å². The molecule has 0 spiro atoms. The van der Waals surface area contributed by atoms with Gasteiger partial charge in [0.1, 0.15) is 5.56 Å². The van der Waals surface area contributed by atoms with Crippen molar-refractivity contribution in [1.29, 1.82) is 0 Å². The number of nitrogens with zero attached hydrogens (tertiary/aromatic N) is 1. The van der Waals surface area contributed by atoms with Gasteiger partial charge in [-0.3, -0.25) is 14.9 Å². The second-order valence-corrected chi connectivity index (χ2v) is 8.01. The molecule has 0 aromatic heterocycles. The van der Waals surface area contributed by atoms with Gasteiger partial charge in [-0.25, -0.2) is 0 Å². The summed E-state index contributed by atoms with van der Waals surface area (Å²) in [6.07, 6.45) is 6.89. The maximum Gasteiger partial charge on any atom is 0.282 e. The van der Waals surface area contributed by atoms with E-state index in [0.717, 1.165) is 19.3 Å². The lowest BCUT2D eigenvalue weighted by Crippen LogP contribution is -2.59. The molecule has 0 aliphatic heterocycles. The lowest BCUT2D eigenvalue weighted by atomic mass is 9.53. The van der Waals surface area contributed by atoms with Crippen LogP contribution in [0.1, 0.15) is 48.9 Å². The van der Waals surface area contributed by atoms with Crippen LogP contribution in [0.2, 0.25) is 5.02 Å². The van der Waals surface area contributed by atoms with Crippen LogP contribution in [0.5, 0.6) is 0 Å². The second kappa shape index (κ2) is 5.20. The molecule has 1 aromatic carbocycles. The Bertz CT molecular complexity index is 653. The first-order valence-corrected chi connectivity index (χ1v) is 8.58. The van der Waals surface area contributed by atoms with Crippen LogP contribution in [0.25, 0.3) is 0 Å². The highest BCUT2D eigenvalue weighted by atomic mass is 35.5. The number of nitro benzene ring substituents is 1. The normalized spacial score (nSPS) is 34.4. The molecule has 0 unspecified atom stereocenters. The summed E-state index contributed by atoms with van der Waals surface area (Å²) in [5.74, 6) is 1.75. The van der Waals surface area contributed by atoms with Crippen molar-refractivity contribution in [3.05, 3.63) is 38.9 Å². The molecular formula is C17H19ClN2O3. The van der Waals surface area contributed by atoms with Crippen LogP contribution in [0, 0.1) is 27.9 Å². The lowest BCUT2D eigenvalue weighted by Gasteiger charge is -2.56. The molecule has 1 amide bonds. The number of nitro groups is 1. The van der Waals surface area contributed by atoms with Gasteiger partial charge in [-0.2, -0.15) is 0 Å². The van der Waals surface area contributed by atoms with E-state index in [4.69, 9.17) is 11.6 Å². The number of benzene rings is 1. The zero-order chi connectivity index (χ0) is 16.2. The Labute approximate surface area is 139 Å². The Morgan fingerprint density at radius 2 is 1.74 bits per heavy atom. The van der Waals surface area contributed by atoms with Crippen LogP contribution in [0.3, 0.4) is 0 Å². The molecule has 0 atom stereocenters. The van der Waals surface area contributed by atoms with Crippen molar-refractivity contribution in [3.8, 4) is 0 Å². The van der Waals surface area contributed by atoms with Crippen molar-refractivity contribution in [3.63, 3.8) is 0 Å². The van der Waals surface area contributed by atoms with Crippen LogP contribution in [-0.2, 0) is 0 Å². The lowest BCUT2D eigenvalue weighted by molar-refractivity contribution is -0.385. The number of halogens is 1. The molecule has 1 N–H and O–H groups in total. The second-order valence-electron chi connectivity index (χ2n) is 7.57. The molecule has 4 aliphatic carbocycles. The van der Waals surface area contributed by atoms with Gasteiger partial charge in [0.05, 0.1) is 4.92 Å². The van der Waals surface area contributed by atoms with Gasteiger partial charge in [0.15, 0.2) is 0 Å². The van der Waals surface area contributed by atoms with Crippen LogP contribution in [0.15, 0.2) is 18.2 Å². The quantitative estimate of drug-likeness (QED) is 0.672. The van der Waals surface area contributed by atoms with E-state index in [1.807, 2.05) is 0 Å². The highest BCUT2D eigenvalue weighted by Gasteiger charge is 2.51. The van der Waals surface area contributed by atoms with Gasteiger partial charge in [0, 0.05) is 16.6 Å². The molecule has 5 rings (SSSR count). The van der Waals surface area contributed by atoms with Gasteiger partial charge >= 0.3 is 0 Å². The predicted molar refractivity (Wildman–Crippen MR) is 86.5 cm³/mol. The minimum absolute atomic E-state index is 0.0678. The Morgan fingerprint density at radius 1 is 1.17 bits per heavy atom. The van der Waals surface area contributed by atoms with Crippen LogP contribution in [0.4, 0.5) is 5.69 Å². The zero-order valence-electron chi connectivity index (χ0n) is 12.8. The van der Waals surface area contributed by atoms with Crippen molar-refractivity contribution in [2.24, 2.45) is 17.8 Å². The summed E-state index contributed by atoms with van der Waals surface area (Å²) in [6, 6.07) is 4.15. The Morgan fingerprint density at radius 3 is 2.26 bits per heavy atom. The molecular weight excluding hydrogens is 316 g/mol. The van der Waals surface area contributed by atoms with Gasteiger partial charge in [-0.05, 0) is 68.4 Å². The maximum absolute atomic E-state index is 12.7. The third-order valence-corrected chi connectivity index (χ3v) is 6.05. The largest absolute Gasteiger partial charge is 0.346 e. The Balaban J connectivity index is 1.61. The standard InChI is InChI=1S/C17H19ClN2O3/c18-13-1-2-15(20(22)23)14(6-13)16(21)19-17-7-10-3-11(8-17)5-12(4-10)9-17/h1-2,6,10-12H,3-5,7-9H2,(H,19,21). The van der Waals surface area contributed by atoms with Crippen molar-refractivity contribution in [2.45, 2.75) is 44.1 Å². The van der Waals surface area contributed by atoms with Crippen molar-refractivity contribution in [1.82, 2.24) is 5.32 Å². The van der Waals surface area contributed by atoms with E-state index in [2.05, 4.69) is 5.32 Å². The molecule has 5 nitrogen and oxygen atoms in total. The van der Waals surface area contributed by atoms with Gasteiger partial charge in [-0.15, -0.1) is 0 Å². The molecule has 23 heavy (non-hydrogen) atoms. The molecule has 1 aromatic rings. The maximum atomic E-state index is 12.7. The summed E-state index contributed by atoms with van der Waals surface area (Å²) in [5.41, 5.74) is -0.281. The molecule has 4 fully saturated rings. The summed E-state index contributed by atoms with van der Waals surface area (Å²) in [7, 11) is 0.